The smallest absolute Gasteiger partial charge is 0.245 e. The highest BCUT2D eigenvalue weighted by molar-refractivity contribution is 5.90. The van der Waals surface area contributed by atoms with Gasteiger partial charge in [-0.25, -0.2) is 0 Å². The van der Waals surface area contributed by atoms with E-state index < -0.39 is 0 Å². The van der Waals surface area contributed by atoms with Gasteiger partial charge in [-0.05, 0) is 24.7 Å². The van der Waals surface area contributed by atoms with Crippen molar-refractivity contribution in [1.29, 1.82) is 0 Å². The molecule has 2 aliphatic rings. The Morgan fingerprint density at radius 3 is 2.67 bits per heavy atom. The Morgan fingerprint density at radius 2 is 2.11 bits per heavy atom. The van der Waals surface area contributed by atoms with Gasteiger partial charge in [0.1, 0.15) is 6.04 Å². The van der Waals surface area contributed by atoms with Crippen molar-refractivity contribution in [3.05, 3.63) is 0 Å². The van der Waals surface area contributed by atoms with Gasteiger partial charge in [0.2, 0.25) is 11.8 Å². The molecule has 0 spiro atoms. The van der Waals surface area contributed by atoms with Gasteiger partial charge >= 0.3 is 0 Å². The lowest BCUT2D eigenvalue weighted by Gasteiger charge is -2.33. The molecular formula is C14H24N2O2. The summed E-state index contributed by atoms with van der Waals surface area (Å²) in [6.45, 7) is 5.54. The first-order valence-electron chi connectivity index (χ1n) is 7.20. The van der Waals surface area contributed by atoms with Gasteiger partial charge in [-0.1, -0.05) is 26.7 Å². The number of hydrogen-bond donors (Lipinski definition) is 1. The SMILES string of the molecule is CCC(C)C1NC(=O)CCN(CC2CCC2)C1=O. The normalized spacial score (nSPS) is 27.4. The van der Waals surface area contributed by atoms with E-state index in [0.29, 0.717) is 18.9 Å². The van der Waals surface area contributed by atoms with Crippen molar-refractivity contribution in [3.63, 3.8) is 0 Å². The molecule has 1 N–H and O–H groups in total. The minimum atomic E-state index is -0.315. The molecule has 4 nitrogen and oxygen atoms in total. The third-order valence-electron chi connectivity index (χ3n) is 4.42. The molecule has 1 saturated heterocycles. The summed E-state index contributed by atoms with van der Waals surface area (Å²) < 4.78 is 0. The highest BCUT2D eigenvalue weighted by Crippen LogP contribution is 2.28. The largest absolute Gasteiger partial charge is 0.344 e. The summed E-state index contributed by atoms with van der Waals surface area (Å²) in [6, 6.07) is -0.315. The highest BCUT2D eigenvalue weighted by atomic mass is 16.2. The van der Waals surface area contributed by atoms with Crippen LogP contribution >= 0.6 is 0 Å². The Balaban J connectivity index is 2.04. The van der Waals surface area contributed by atoms with E-state index in [1.54, 1.807) is 0 Å². The van der Waals surface area contributed by atoms with Gasteiger partial charge < -0.3 is 10.2 Å². The van der Waals surface area contributed by atoms with Crippen LogP contribution in [0.15, 0.2) is 0 Å². The molecule has 4 heteroatoms. The zero-order valence-electron chi connectivity index (χ0n) is 11.4. The fourth-order valence-electron chi connectivity index (χ4n) is 2.64. The summed E-state index contributed by atoms with van der Waals surface area (Å²) in [5, 5.41) is 2.89. The summed E-state index contributed by atoms with van der Waals surface area (Å²) in [5.41, 5.74) is 0. The lowest BCUT2D eigenvalue weighted by Crippen LogP contribution is -2.49. The number of nitrogens with zero attached hydrogens (tertiary/aromatic N) is 1. The monoisotopic (exact) mass is 252 g/mol. The van der Waals surface area contributed by atoms with E-state index in [9.17, 15) is 9.59 Å². The first-order chi connectivity index (χ1) is 8.61. The van der Waals surface area contributed by atoms with E-state index in [2.05, 4.69) is 12.2 Å². The minimum absolute atomic E-state index is 0.0183. The summed E-state index contributed by atoms with van der Waals surface area (Å²) in [6.07, 6.45) is 5.12. The fourth-order valence-corrected chi connectivity index (χ4v) is 2.64. The predicted octanol–water partition coefficient (Wildman–Crippen LogP) is 1.55. The predicted molar refractivity (Wildman–Crippen MR) is 69.9 cm³/mol. The average Bonchev–Trinajstić information content (AvgIpc) is 2.44. The number of amides is 2. The van der Waals surface area contributed by atoms with Crippen LogP contribution in [0.2, 0.25) is 0 Å². The number of hydrogen-bond acceptors (Lipinski definition) is 2. The van der Waals surface area contributed by atoms with Crippen LogP contribution < -0.4 is 5.32 Å². The Kier molecular flexibility index (Phi) is 4.25. The topological polar surface area (TPSA) is 49.4 Å². The van der Waals surface area contributed by atoms with E-state index in [1.807, 2.05) is 11.8 Å². The summed E-state index contributed by atoms with van der Waals surface area (Å²) in [5.74, 6) is 1.02. The first kappa shape index (κ1) is 13.4. The summed E-state index contributed by atoms with van der Waals surface area (Å²) in [4.78, 5) is 26.1. The van der Waals surface area contributed by atoms with Crippen molar-refractivity contribution in [2.45, 2.75) is 52.0 Å². The molecule has 1 saturated carbocycles. The Hall–Kier alpha value is -1.06. The van der Waals surface area contributed by atoms with Crippen molar-refractivity contribution in [3.8, 4) is 0 Å². The number of carbonyl (C=O) groups is 2. The van der Waals surface area contributed by atoms with Crippen molar-refractivity contribution < 1.29 is 9.59 Å². The molecule has 2 atom stereocenters. The molecule has 0 radical (unpaired) electrons. The number of nitrogens with one attached hydrogen (secondary N) is 1. The molecule has 0 aromatic carbocycles. The van der Waals surface area contributed by atoms with Crippen molar-refractivity contribution in [1.82, 2.24) is 10.2 Å². The van der Waals surface area contributed by atoms with Crippen LogP contribution in [0.4, 0.5) is 0 Å². The third kappa shape index (κ3) is 2.85. The van der Waals surface area contributed by atoms with E-state index in [-0.39, 0.29) is 23.8 Å². The minimum Gasteiger partial charge on any atom is -0.344 e. The molecule has 0 aromatic rings. The first-order valence-corrected chi connectivity index (χ1v) is 7.20. The van der Waals surface area contributed by atoms with Gasteiger partial charge in [-0.2, -0.15) is 0 Å². The molecule has 2 amide bonds. The molecule has 1 heterocycles. The zero-order chi connectivity index (χ0) is 13.1. The highest BCUT2D eigenvalue weighted by Gasteiger charge is 2.34. The molecule has 1 aliphatic carbocycles. The van der Waals surface area contributed by atoms with Crippen LogP contribution in [-0.2, 0) is 9.59 Å². The van der Waals surface area contributed by atoms with Gasteiger partial charge in [0.25, 0.3) is 0 Å². The maximum absolute atomic E-state index is 12.5. The second-order valence-corrected chi connectivity index (χ2v) is 5.76. The lowest BCUT2D eigenvalue weighted by molar-refractivity contribution is -0.135. The van der Waals surface area contributed by atoms with Gasteiger partial charge in [0.15, 0.2) is 0 Å². The maximum atomic E-state index is 12.5. The van der Waals surface area contributed by atoms with Crippen molar-refractivity contribution in [2.75, 3.05) is 13.1 Å². The molecule has 0 aromatic heterocycles. The van der Waals surface area contributed by atoms with Gasteiger partial charge in [-0.15, -0.1) is 0 Å². The second-order valence-electron chi connectivity index (χ2n) is 5.76. The van der Waals surface area contributed by atoms with E-state index in [4.69, 9.17) is 0 Å². The second kappa shape index (κ2) is 5.72. The molecule has 18 heavy (non-hydrogen) atoms. The van der Waals surface area contributed by atoms with E-state index in [0.717, 1.165) is 13.0 Å². The van der Waals surface area contributed by atoms with Crippen LogP contribution in [0.5, 0.6) is 0 Å². The molecule has 0 bridgehead atoms. The number of rotatable bonds is 4. The Bertz CT molecular complexity index is 326. The molecule has 2 unspecified atom stereocenters. The summed E-state index contributed by atoms with van der Waals surface area (Å²) >= 11 is 0. The van der Waals surface area contributed by atoms with Crippen LogP contribution in [0.25, 0.3) is 0 Å². The Morgan fingerprint density at radius 1 is 1.39 bits per heavy atom. The molecule has 2 rings (SSSR count). The van der Waals surface area contributed by atoms with Crippen molar-refractivity contribution in [2.24, 2.45) is 11.8 Å². The summed E-state index contributed by atoms with van der Waals surface area (Å²) in [7, 11) is 0. The van der Waals surface area contributed by atoms with Crippen LogP contribution in [0.1, 0.15) is 46.0 Å². The van der Waals surface area contributed by atoms with E-state index >= 15 is 0 Å². The molecular weight excluding hydrogens is 228 g/mol. The molecule has 102 valence electrons. The van der Waals surface area contributed by atoms with Crippen molar-refractivity contribution >= 4 is 11.8 Å². The van der Waals surface area contributed by atoms with Gasteiger partial charge in [0.05, 0.1) is 0 Å². The maximum Gasteiger partial charge on any atom is 0.245 e. The van der Waals surface area contributed by atoms with Gasteiger partial charge in [0, 0.05) is 19.5 Å². The lowest BCUT2D eigenvalue weighted by atomic mass is 9.85. The van der Waals surface area contributed by atoms with Crippen LogP contribution in [0.3, 0.4) is 0 Å². The molecule has 1 aliphatic heterocycles. The van der Waals surface area contributed by atoms with Crippen LogP contribution in [0, 0.1) is 11.8 Å². The number of carbonyl (C=O) groups excluding carboxylic acids is 2. The fraction of sp³-hybridized carbons (Fsp3) is 0.857. The quantitative estimate of drug-likeness (QED) is 0.825. The molecule has 2 fully saturated rings. The van der Waals surface area contributed by atoms with Crippen LogP contribution in [-0.4, -0.2) is 35.8 Å². The third-order valence-corrected chi connectivity index (χ3v) is 4.42. The van der Waals surface area contributed by atoms with Gasteiger partial charge in [-0.3, -0.25) is 9.59 Å². The average molecular weight is 252 g/mol. The zero-order valence-corrected chi connectivity index (χ0v) is 11.4. The van der Waals surface area contributed by atoms with E-state index in [1.165, 1.54) is 19.3 Å². The Labute approximate surface area is 109 Å². The standard InChI is InChI=1S/C14H24N2O2/c1-3-10(2)13-14(18)16(8-7-12(17)15-13)9-11-5-4-6-11/h10-11,13H,3-9H2,1-2H3,(H,15,17).